The summed E-state index contributed by atoms with van der Waals surface area (Å²) in [7, 11) is 0. The van der Waals surface area contributed by atoms with Crippen molar-refractivity contribution in [3.8, 4) is 0 Å². The van der Waals surface area contributed by atoms with Gasteiger partial charge in [-0.2, -0.15) is 0 Å². The number of hydrogen-bond acceptors (Lipinski definition) is 0. The van der Waals surface area contributed by atoms with Gasteiger partial charge in [-0.15, -0.1) is 0 Å². The lowest BCUT2D eigenvalue weighted by Crippen LogP contribution is -1.81. The quantitative estimate of drug-likeness (QED) is 0.536. The third-order valence-corrected chi connectivity index (χ3v) is 1.81. The lowest BCUT2D eigenvalue weighted by molar-refractivity contribution is 1.10. The maximum Gasteiger partial charge on any atom is -0.0305 e. The third-order valence-electron chi connectivity index (χ3n) is 1.81. The van der Waals surface area contributed by atoms with Crippen LogP contribution in [0, 0.1) is 0 Å². The summed E-state index contributed by atoms with van der Waals surface area (Å²) in [4.78, 5) is 0. The molecule has 0 saturated carbocycles. The number of rotatable bonds is 3. The standard InChI is InChI=1S/C11H18/c1-5-8-9-11(7-3)10(4)6-2/h5-6,8-9H,7H2,1-4H3/b8-5-,10-6+,11-9+. The lowest BCUT2D eigenvalue weighted by Gasteiger charge is -2.01. The van der Waals surface area contributed by atoms with Gasteiger partial charge in [-0.3, -0.25) is 0 Å². The molecule has 0 radical (unpaired) electrons. The van der Waals surface area contributed by atoms with Crippen LogP contribution in [0.15, 0.2) is 35.5 Å². The first kappa shape index (κ1) is 10.2. The summed E-state index contributed by atoms with van der Waals surface area (Å²) < 4.78 is 0. The third kappa shape index (κ3) is 3.82. The number of hydrogen-bond donors (Lipinski definition) is 0. The molecule has 0 aliphatic heterocycles. The molecule has 0 aromatic rings. The molecule has 0 nitrogen and oxygen atoms in total. The molecule has 0 aliphatic rings. The van der Waals surface area contributed by atoms with Gasteiger partial charge in [-0.05, 0) is 32.8 Å². The van der Waals surface area contributed by atoms with Crippen LogP contribution in [0.5, 0.6) is 0 Å². The molecule has 0 unspecified atom stereocenters. The van der Waals surface area contributed by atoms with Gasteiger partial charge in [-0.25, -0.2) is 0 Å². The van der Waals surface area contributed by atoms with Crippen LogP contribution in [-0.2, 0) is 0 Å². The zero-order chi connectivity index (χ0) is 8.69. The maximum atomic E-state index is 2.18. The molecule has 0 aliphatic carbocycles. The fourth-order valence-corrected chi connectivity index (χ4v) is 0.926. The van der Waals surface area contributed by atoms with Gasteiger partial charge in [0.25, 0.3) is 0 Å². The summed E-state index contributed by atoms with van der Waals surface area (Å²) in [6.07, 6.45) is 9.58. The van der Waals surface area contributed by atoms with Crippen molar-refractivity contribution in [3.05, 3.63) is 35.5 Å². The second-order valence-corrected chi connectivity index (χ2v) is 2.54. The van der Waals surface area contributed by atoms with E-state index in [4.69, 9.17) is 0 Å². The normalized spacial score (nSPS) is 14.5. The fraction of sp³-hybridized carbons (Fsp3) is 0.455. The highest BCUT2D eigenvalue weighted by Crippen LogP contribution is 2.12. The van der Waals surface area contributed by atoms with Gasteiger partial charge < -0.3 is 0 Å². The molecule has 0 rings (SSSR count). The van der Waals surface area contributed by atoms with Crippen LogP contribution in [0.25, 0.3) is 0 Å². The molecule has 0 heterocycles. The van der Waals surface area contributed by atoms with E-state index in [-0.39, 0.29) is 0 Å². The van der Waals surface area contributed by atoms with Crippen LogP contribution in [0.2, 0.25) is 0 Å². The zero-order valence-electron chi connectivity index (χ0n) is 8.02. The molecule has 0 aromatic heterocycles. The Bertz CT molecular complexity index is 180. The molecule has 0 atom stereocenters. The second-order valence-electron chi connectivity index (χ2n) is 2.54. The smallest absolute Gasteiger partial charge is 0.0305 e. The van der Waals surface area contributed by atoms with E-state index in [1.807, 2.05) is 6.92 Å². The zero-order valence-corrected chi connectivity index (χ0v) is 8.02. The fourth-order valence-electron chi connectivity index (χ4n) is 0.926. The first-order valence-corrected chi connectivity index (χ1v) is 4.21. The Kier molecular flexibility index (Phi) is 5.54. The van der Waals surface area contributed by atoms with Crippen molar-refractivity contribution in [3.63, 3.8) is 0 Å². The van der Waals surface area contributed by atoms with Gasteiger partial charge in [0.05, 0.1) is 0 Å². The van der Waals surface area contributed by atoms with Gasteiger partial charge in [0.15, 0.2) is 0 Å². The first-order valence-electron chi connectivity index (χ1n) is 4.21. The molecule has 0 N–H and O–H groups in total. The van der Waals surface area contributed by atoms with Crippen LogP contribution in [0.1, 0.15) is 34.1 Å². The van der Waals surface area contributed by atoms with E-state index in [9.17, 15) is 0 Å². The summed E-state index contributed by atoms with van der Waals surface area (Å²) in [5.41, 5.74) is 2.80. The van der Waals surface area contributed by atoms with Crippen molar-refractivity contribution in [2.45, 2.75) is 34.1 Å². The summed E-state index contributed by atoms with van der Waals surface area (Å²) in [5.74, 6) is 0. The van der Waals surface area contributed by atoms with Crippen LogP contribution in [-0.4, -0.2) is 0 Å². The molecule has 0 aromatic carbocycles. The van der Waals surface area contributed by atoms with Crippen molar-refractivity contribution < 1.29 is 0 Å². The summed E-state index contributed by atoms with van der Waals surface area (Å²) in [6, 6.07) is 0. The van der Waals surface area contributed by atoms with Crippen LogP contribution >= 0.6 is 0 Å². The molecule has 0 heteroatoms. The molecular formula is C11H18. The predicted octanol–water partition coefficient (Wildman–Crippen LogP) is 3.87. The SMILES string of the molecule is C\C=C/C=C(CC)/C(C)=C/C. The molecule has 11 heavy (non-hydrogen) atoms. The number of allylic oxidation sites excluding steroid dienone is 6. The van der Waals surface area contributed by atoms with Gasteiger partial charge >= 0.3 is 0 Å². The molecular weight excluding hydrogens is 132 g/mol. The largest absolute Gasteiger partial charge is 0.0877 e. The minimum atomic E-state index is 1.11. The van der Waals surface area contributed by atoms with Crippen LogP contribution < -0.4 is 0 Å². The second kappa shape index (κ2) is 5.96. The Balaban J connectivity index is 4.39. The minimum Gasteiger partial charge on any atom is -0.0877 e. The minimum absolute atomic E-state index is 1.11. The van der Waals surface area contributed by atoms with Crippen molar-refractivity contribution >= 4 is 0 Å². The average Bonchev–Trinajstić information content (AvgIpc) is 2.05. The van der Waals surface area contributed by atoms with Gasteiger partial charge in [0, 0.05) is 0 Å². The van der Waals surface area contributed by atoms with Gasteiger partial charge in [-0.1, -0.05) is 36.8 Å². The Morgan fingerprint density at radius 2 is 1.91 bits per heavy atom. The van der Waals surface area contributed by atoms with Crippen molar-refractivity contribution in [2.24, 2.45) is 0 Å². The van der Waals surface area contributed by atoms with Crippen LogP contribution in [0.4, 0.5) is 0 Å². The highest BCUT2D eigenvalue weighted by molar-refractivity contribution is 5.31. The van der Waals surface area contributed by atoms with E-state index >= 15 is 0 Å². The van der Waals surface area contributed by atoms with E-state index in [0.29, 0.717) is 0 Å². The predicted molar refractivity (Wildman–Crippen MR) is 52.6 cm³/mol. The van der Waals surface area contributed by atoms with Crippen LogP contribution in [0.3, 0.4) is 0 Å². The van der Waals surface area contributed by atoms with E-state index in [2.05, 4.69) is 45.1 Å². The molecule has 0 spiro atoms. The van der Waals surface area contributed by atoms with E-state index in [1.54, 1.807) is 0 Å². The van der Waals surface area contributed by atoms with Crippen molar-refractivity contribution in [2.75, 3.05) is 0 Å². The first-order chi connectivity index (χ1) is 5.26. The van der Waals surface area contributed by atoms with Crippen molar-refractivity contribution in [1.82, 2.24) is 0 Å². The molecule has 0 fully saturated rings. The maximum absolute atomic E-state index is 2.18. The highest BCUT2D eigenvalue weighted by atomic mass is 14.0. The monoisotopic (exact) mass is 150 g/mol. The summed E-state index contributed by atoms with van der Waals surface area (Å²) >= 11 is 0. The van der Waals surface area contributed by atoms with E-state index in [1.165, 1.54) is 11.1 Å². The van der Waals surface area contributed by atoms with Crippen molar-refractivity contribution in [1.29, 1.82) is 0 Å². The van der Waals surface area contributed by atoms with E-state index in [0.717, 1.165) is 6.42 Å². The summed E-state index contributed by atoms with van der Waals surface area (Å²) in [6.45, 7) is 8.45. The highest BCUT2D eigenvalue weighted by Gasteiger charge is 1.92. The molecule has 0 amide bonds. The topological polar surface area (TPSA) is 0 Å². The molecule has 62 valence electrons. The van der Waals surface area contributed by atoms with Gasteiger partial charge in [0.1, 0.15) is 0 Å². The average molecular weight is 150 g/mol. The Hall–Kier alpha value is -0.780. The molecule has 0 bridgehead atoms. The lowest BCUT2D eigenvalue weighted by atomic mass is 10.0. The Labute approximate surface area is 70.3 Å². The summed E-state index contributed by atoms with van der Waals surface area (Å²) in [5, 5.41) is 0. The Morgan fingerprint density at radius 1 is 1.27 bits per heavy atom. The van der Waals surface area contributed by atoms with E-state index < -0.39 is 0 Å². The Morgan fingerprint density at radius 3 is 2.27 bits per heavy atom. The van der Waals surface area contributed by atoms with Gasteiger partial charge in [0.2, 0.25) is 0 Å². The molecule has 0 saturated heterocycles.